The minimum absolute atomic E-state index is 0.391. The van der Waals surface area contributed by atoms with Gasteiger partial charge in [0, 0.05) is 60.9 Å². The second-order valence-electron chi connectivity index (χ2n) is 11.9. The van der Waals surface area contributed by atoms with Gasteiger partial charge in [-0.25, -0.2) is 0 Å². The zero-order chi connectivity index (χ0) is 29.1. The Kier molecular flexibility index (Phi) is 11.6. The molecule has 1 aromatic heterocycles. The number of aromatic nitrogens is 1. The van der Waals surface area contributed by atoms with Gasteiger partial charge in [0.15, 0.2) is 0 Å². The molecule has 2 aromatic rings. The number of Topliss-reactive ketones (excluding diaryl/α,β-unsaturated/α-hetero) is 1. The van der Waals surface area contributed by atoms with Gasteiger partial charge in [-0.1, -0.05) is 32.1 Å². The number of carbonyl (C=O) groups excluding carboxylic acids is 1. The van der Waals surface area contributed by atoms with Crippen molar-refractivity contribution < 1.29 is 4.79 Å². The third-order valence-corrected chi connectivity index (χ3v) is 8.77. The largest absolute Gasteiger partial charge is 0.333 e. The van der Waals surface area contributed by atoms with Gasteiger partial charge in [-0.15, -0.1) is 0 Å². The average molecular weight is 556 g/mol. The van der Waals surface area contributed by atoms with Gasteiger partial charge in [0.05, 0.1) is 5.52 Å². The standard InChI is InChI=1S/C18H30N2O.C16H14N2.CH5N/c1-3-16(21)8-6-4-5-7-15(2)17-13-18(14-20-17)9-11-19-12-10-18;1-2-11(1)15-6-4-13-9-12(3-5-16(13)18-15)14-7-8-17-10-14;1-2/h19H,2-14H2,1H3;3-6,8-11H,1-2,7H2;2H2,1H3. The van der Waals surface area contributed by atoms with Crippen molar-refractivity contribution in [3.8, 4) is 0 Å². The molecule has 2 fully saturated rings. The SMILES string of the molecule is C1=NC=C(c2ccc3nc(C4CC4)ccc3c2)C1.C=C(CCCCCC(=O)CC)C1=NCC2(CCNCC2)C1.CN. The number of nitrogens with one attached hydrogen (secondary N) is 1. The number of fused-ring (bicyclic) bond motifs is 1. The van der Waals surface area contributed by atoms with Crippen molar-refractivity contribution in [3.63, 3.8) is 0 Å². The van der Waals surface area contributed by atoms with Gasteiger partial charge in [-0.3, -0.25) is 19.8 Å². The topological polar surface area (TPSA) is 92.7 Å². The average Bonchev–Trinajstić information content (AvgIpc) is 3.57. The molecule has 1 saturated carbocycles. The third kappa shape index (κ3) is 8.76. The molecule has 3 aliphatic heterocycles. The molecule has 4 heterocycles. The normalized spacial score (nSPS) is 18.7. The number of aliphatic imine (C=N–C) groups is 2. The lowest BCUT2D eigenvalue weighted by Gasteiger charge is -2.33. The van der Waals surface area contributed by atoms with Crippen LogP contribution in [0.2, 0.25) is 0 Å². The molecule has 4 aliphatic rings. The lowest BCUT2D eigenvalue weighted by Crippen LogP contribution is -2.37. The summed E-state index contributed by atoms with van der Waals surface area (Å²) in [6, 6.07) is 10.9. The first-order chi connectivity index (χ1) is 20.0. The van der Waals surface area contributed by atoms with Gasteiger partial charge >= 0.3 is 0 Å². The van der Waals surface area contributed by atoms with Crippen LogP contribution in [0.15, 0.2) is 58.7 Å². The van der Waals surface area contributed by atoms with Crippen LogP contribution < -0.4 is 11.1 Å². The van der Waals surface area contributed by atoms with Crippen LogP contribution in [0.4, 0.5) is 0 Å². The van der Waals surface area contributed by atoms with E-state index >= 15 is 0 Å². The summed E-state index contributed by atoms with van der Waals surface area (Å²) in [5, 5.41) is 4.67. The van der Waals surface area contributed by atoms with Gasteiger partial charge in [0.25, 0.3) is 0 Å². The molecular formula is C35H49N5O. The molecule has 0 amide bonds. The lowest BCUT2D eigenvalue weighted by atomic mass is 9.76. The van der Waals surface area contributed by atoms with Crippen molar-refractivity contribution in [2.45, 2.75) is 89.9 Å². The second kappa shape index (κ2) is 15.3. The first-order valence-electron chi connectivity index (χ1n) is 15.7. The minimum Gasteiger partial charge on any atom is -0.333 e. The van der Waals surface area contributed by atoms with E-state index in [1.807, 2.05) is 19.3 Å². The Bertz CT molecular complexity index is 1280. The minimum atomic E-state index is 0.391. The number of benzene rings is 1. The third-order valence-electron chi connectivity index (χ3n) is 8.77. The molecular weight excluding hydrogens is 506 g/mol. The molecule has 220 valence electrons. The molecule has 1 aromatic carbocycles. The number of hydrogen-bond donors (Lipinski definition) is 2. The van der Waals surface area contributed by atoms with E-state index in [0.29, 0.717) is 17.6 Å². The Balaban J connectivity index is 0.000000179. The van der Waals surface area contributed by atoms with Crippen LogP contribution in [-0.4, -0.2) is 49.4 Å². The van der Waals surface area contributed by atoms with E-state index in [2.05, 4.69) is 53.0 Å². The zero-order valence-electron chi connectivity index (χ0n) is 25.3. The summed E-state index contributed by atoms with van der Waals surface area (Å²) in [7, 11) is 1.50. The van der Waals surface area contributed by atoms with E-state index in [9.17, 15) is 4.79 Å². The van der Waals surface area contributed by atoms with E-state index in [1.54, 1.807) is 0 Å². The number of ketones is 1. The Morgan fingerprint density at radius 2 is 1.85 bits per heavy atom. The van der Waals surface area contributed by atoms with E-state index in [4.69, 9.17) is 9.98 Å². The van der Waals surface area contributed by atoms with E-state index in [0.717, 1.165) is 76.0 Å². The van der Waals surface area contributed by atoms with Crippen LogP contribution in [0.5, 0.6) is 0 Å². The first-order valence-corrected chi connectivity index (χ1v) is 15.7. The quantitative estimate of drug-likeness (QED) is 0.304. The van der Waals surface area contributed by atoms with E-state index < -0.39 is 0 Å². The Hall–Kier alpha value is -2.96. The number of nitrogens with two attached hydrogens (primary N) is 1. The van der Waals surface area contributed by atoms with Crippen molar-refractivity contribution >= 4 is 34.2 Å². The molecule has 1 saturated heterocycles. The van der Waals surface area contributed by atoms with Crippen molar-refractivity contribution in [3.05, 3.63) is 59.9 Å². The molecule has 1 spiro atoms. The Morgan fingerprint density at radius 3 is 2.56 bits per heavy atom. The summed E-state index contributed by atoms with van der Waals surface area (Å²) in [6.07, 6.45) is 16.9. The smallest absolute Gasteiger partial charge is 0.132 e. The van der Waals surface area contributed by atoms with Crippen LogP contribution in [0, 0.1) is 5.41 Å². The molecule has 0 radical (unpaired) electrons. The predicted molar refractivity (Wildman–Crippen MR) is 174 cm³/mol. The van der Waals surface area contributed by atoms with Gasteiger partial charge in [0.2, 0.25) is 0 Å². The predicted octanol–water partition coefficient (Wildman–Crippen LogP) is 7.19. The number of pyridine rings is 1. The van der Waals surface area contributed by atoms with Crippen molar-refractivity contribution in [2.24, 2.45) is 21.1 Å². The summed E-state index contributed by atoms with van der Waals surface area (Å²) in [4.78, 5) is 25.0. The van der Waals surface area contributed by atoms with Gasteiger partial charge < -0.3 is 11.1 Å². The fourth-order valence-corrected chi connectivity index (χ4v) is 5.90. The van der Waals surface area contributed by atoms with Gasteiger partial charge in [0.1, 0.15) is 5.78 Å². The van der Waals surface area contributed by atoms with Crippen LogP contribution in [0.1, 0.15) is 101 Å². The maximum atomic E-state index is 11.2. The van der Waals surface area contributed by atoms with Crippen LogP contribution >= 0.6 is 0 Å². The van der Waals surface area contributed by atoms with Crippen molar-refractivity contribution in [2.75, 3.05) is 26.7 Å². The molecule has 6 nitrogen and oxygen atoms in total. The molecule has 0 bridgehead atoms. The fraction of sp³-hybridized carbons (Fsp3) is 0.543. The van der Waals surface area contributed by atoms with E-state index in [1.165, 1.54) is 66.2 Å². The molecule has 0 unspecified atom stereocenters. The first kappa shape index (κ1) is 31.0. The summed E-state index contributed by atoms with van der Waals surface area (Å²) >= 11 is 0. The highest BCUT2D eigenvalue weighted by Gasteiger charge is 2.37. The lowest BCUT2D eigenvalue weighted by molar-refractivity contribution is -0.118. The van der Waals surface area contributed by atoms with E-state index in [-0.39, 0.29) is 0 Å². The highest BCUT2D eigenvalue weighted by atomic mass is 16.1. The Morgan fingerprint density at radius 1 is 1.07 bits per heavy atom. The van der Waals surface area contributed by atoms with Crippen LogP contribution in [-0.2, 0) is 4.79 Å². The van der Waals surface area contributed by atoms with Crippen LogP contribution in [0.3, 0.4) is 0 Å². The number of nitrogens with zero attached hydrogens (tertiary/aromatic N) is 3. The van der Waals surface area contributed by atoms with Gasteiger partial charge in [-0.2, -0.15) is 0 Å². The Labute approximate surface area is 246 Å². The maximum Gasteiger partial charge on any atom is 0.132 e. The highest BCUT2D eigenvalue weighted by Crippen LogP contribution is 2.40. The summed E-state index contributed by atoms with van der Waals surface area (Å²) in [6.45, 7) is 9.48. The number of hydrogen-bond acceptors (Lipinski definition) is 6. The van der Waals surface area contributed by atoms with Gasteiger partial charge in [-0.05, 0) is 112 Å². The van der Waals surface area contributed by atoms with Crippen molar-refractivity contribution in [1.29, 1.82) is 0 Å². The zero-order valence-corrected chi connectivity index (χ0v) is 25.3. The molecule has 6 rings (SSSR count). The molecule has 0 atom stereocenters. The number of piperidine rings is 1. The number of rotatable bonds is 10. The molecule has 41 heavy (non-hydrogen) atoms. The highest BCUT2D eigenvalue weighted by molar-refractivity contribution is 6.01. The molecule has 3 N–H and O–H groups in total. The second-order valence-corrected chi connectivity index (χ2v) is 11.9. The summed E-state index contributed by atoms with van der Waals surface area (Å²) < 4.78 is 0. The number of unbranched alkanes of at least 4 members (excludes halogenated alkanes) is 2. The molecule has 1 aliphatic carbocycles. The number of carbonyl (C=O) groups is 1. The van der Waals surface area contributed by atoms with Crippen LogP contribution in [0.25, 0.3) is 16.5 Å². The fourth-order valence-electron chi connectivity index (χ4n) is 5.90. The summed E-state index contributed by atoms with van der Waals surface area (Å²) in [5.74, 6) is 1.11. The van der Waals surface area contributed by atoms with Crippen molar-refractivity contribution in [1.82, 2.24) is 10.3 Å². The summed E-state index contributed by atoms with van der Waals surface area (Å²) in [5.41, 5.74) is 12.4. The molecule has 6 heteroatoms. The monoisotopic (exact) mass is 555 g/mol. The maximum absolute atomic E-state index is 11.2. The number of allylic oxidation sites excluding steroid dienone is 2.